The number of alkyl halides is 1. The van der Waals surface area contributed by atoms with Crippen molar-refractivity contribution in [1.29, 1.82) is 0 Å². The summed E-state index contributed by atoms with van der Waals surface area (Å²) in [7, 11) is 1.12. The van der Waals surface area contributed by atoms with Gasteiger partial charge in [-0.15, -0.1) is 24.8 Å². The zero-order chi connectivity index (χ0) is 74.9. The van der Waals surface area contributed by atoms with Crippen LogP contribution in [0.15, 0.2) is 79.9 Å². The maximum absolute atomic E-state index is 14.7. The van der Waals surface area contributed by atoms with Crippen LogP contribution >= 0.6 is 11.6 Å². The van der Waals surface area contributed by atoms with Crippen LogP contribution in [0.1, 0.15) is 195 Å². The van der Waals surface area contributed by atoms with E-state index < -0.39 is 103 Å². The summed E-state index contributed by atoms with van der Waals surface area (Å²) in [4.78, 5) is 98.6. The van der Waals surface area contributed by atoms with E-state index in [4.69, 9.17) is 58.7 Å². The highest BCUT2D eigenvalue weighted by molar-refractivity contribution is 6.74. The maximum Gasteiger partial charge on any atom is 0.330 e. The lowest BCUT2D eigenvalue weighted by Crippen LogP contribution is -2.62. The van der Waals surface area contributed by atoms with E-state index in [1.165, 1.54) is 40.4 Å². The third-order valence-electron chi connectivity index (χ3n) is 16.9. The van der Waals surface area contributed by atoms with Crippen LogP contribution in [-0.2, 0) is 101 Å². The minimum absolute atomic E-state index is 0. The van der Waals surface area contributed by atoms with E-state index in [0.717, 1.165) is 37.0 Å². The number of allylic oxidation sites excluding steroid dienone is 1. The zero-order valence-corrected chi connectivity index (χ0v) is 64.3. The van der Waals surface area contributed by atoms with Gasteiger partial charge in [-0.05, 0) is 78.8 Å². The molecule has 3 aliphatic rings. The van der Waals surface area contributed by atoms with Gasteiger partial charge in [0.25, 0.3) is 0 Å². The average molecular weight is 1430 g/mol. The third kappa shape index (κ3) is 33.7. The number of esters is 7. The highest BCUT2D eigenvalue weighted by Gasteiger charge is 2.58. The molecule has 0 bridgehead atoms. The molecule has 4 rings (SSSR count). The SMILES string of the molecule is C.C=C.C=CC(=O)OC.CC(C)(C)C.CCC(=O)O[C@H]1/C(=C/C(=O)OC)C[C@@H](C[C@@H](OC(=O)C[C@@H](CC(=O)O[C@@H](C[C@@H]2CCOC3(C[C@H](C)CC[C@H]3C(C)C)O2)C(C)(C)COC(=O)CCl)O[Si](C)(C)C(C)(C)C)[C@@H](C)OCc2ccccc2)O[C@@]1(O)C(C)(C)/C=C/C=O.COC(C)=O. The molecule has 2 saturated heterocycles. The number of ether oxygens (including phenoxy) is 11. The van der Waals surface area contributed by atoms with Crippen molar-refractivity contribution in [2.45, 2.75) is 268 Å². The lowest BCUT2D eigenvalue weighted by Gasteiger charge is -2.52. The topological polar surface area (TPSA) is 268 Å². The molecule has 1 saturated carbocycles. The van der Waals surface area contributed by atoms with E-state index in [9.17, 15) is 43.5 Å². The second-order valence-corrected chi connectivity index (χ2v) is 34.4. The van der Waals surface area contributed by atoms with E-state index >= 15 is 0 Å². The van der Waals surface area contributed by atoms with Gasteiger partial charge >= 0.3 is 41.8 Å². The number of halogens is 1. The fourth-order valence-corrected chi connectivity index (χ4v) is 11.9. The van der Waals surface area contributed by atoms with Crippen LogP contribution in [0.5, 0.6) is 0 Å². The summed E-state index contributed by atoms with van der Waals surface area (Å²) in [6.45, 7) is 46.7. The largest absolute Gasteiger partial charge is 0.469 e. The maximum atomic E-state index is 14.7. The van der Waals surface area contributed by atoms with Gasteiger partial charge in [0, 0.05) is 61.5 Å². The Labute approximate surface area is 593 Å². The number of hydrogen-bond acceptors (Lipinski definition) is 21. The quantitative estimate of drug-likeness (QED) is 0.0155. The number of carbonyl (C=O) groups is 8. The summed E-state index contributed by atoms with van der Waals surface area (Å²) in [6.07, 6.45) is 1.36. The molecule has 1 unspecified atom stereocenters. The molecule has 562 valence electrons. The summed E-state index contributed by atoms with van der Waals surface area (Å²) in [5, 5.41) is 12.3. The predicted molar refractivity (Wildman–Crippen MR) is 383 cm³/mol. The van der Waals surface area contributed by atoms with Crippen LogP contribution < -0.4 is 0 Å². The molecule has 1 N–H and O–H groups in total. The van der Waals surface area contributed by atoms with Gasteiger partial charge < -0.3 is 61.6 Å². The molecular weight excluding hydrogens is 1300 g/mol. The Morgan fingerprint density at radius 3 is 1.84 bits per heavy atom. The minimum Gasteiger partial charge on any atom is -0.469 e. The van der Waals surface area contributed by atoms with Gasteiger partial charge in [-0.25, -0.2) is 9.59 Å². The van der Waals surface area contributed by atoms with Gasteiger partial charge in [-0.3, -0.25) is 28.8 Å². The zero-order valence-electron chi connectivity index (χ0n) is 62.6. The molecule has 21 nitrogen and oxygen atoms in total. The van der Waals surface area contributed by atoms with E-state index in [1.807, 2.05) is 78.0 Å². The molecule has 0 radical (unpaired) electrons. The number of aliphatic hydroxyl groups is 1. The minimum atomic E-state index is -2.72. The van der Waals surface area contributed by atoms with Crippen LogP contribution in [0.25, 0.3) is 0 Å². The second-order valence-electron chi connectivity index (χ2n) is 29.3. The van der Waals surface area contributed by atoms with Gasteiger partial charge in [0.2, 0.25) is 5.79 Å². The number of aldehydes is 1. The molecule has 1 spiro atoms. The van der Waals surface area contributed by atoms with Crippen molar-refractivity contribution in [3.8, 4) is 0 Å². The van der Waals surface area contributed by atoms with Crippen molar-refractivity contribution < 1.29 is 100.0 Å². The normalized spacial score (nSPS) is 22.6. The van der Waals surface area contributed by atoms with Crippen LogP contribution in [0, 0.1) is 34.0 Å². The van der Waals surface area contributed by atoms with Crippen molar-refractivity contribution in [3.63, 3.8) is 0 Å². The van der Waals surface area contributed by atoms with E-state index in [1.54, 1.807) is 27.7 Å². The van der Waals surface area contributed by atoms with Gasteiger partial charge in [-0.1, -0.05) is 161 Å². The molecule has 2 heterocycles. The highest BCUT2D eigenvalue weighted by Crippen LogP contribution is 2.49. The average Bonchev–Trinajstić information content (AvgIpc) is 0.741. The molecule has 0 amide bonds. The van der Waals surface area contributed by atoms with Crippen molar-refractivity contribution >= 4 is 68.0 Å². The van der Waals surface area contributed by atoms with Crippen LogP contribution in [0.3, 0.4) is 0 Å². The van der Waals surface area contributed by atoms with Crippen molar-refractivity contribution in [2.75, 3.05) is 40.4 Å². The summed E-state index contributed by atoms with van der Waals surface area (Å²) >= 11 is 5.84. The third-order valence-corrected chi connectivity index (χ3v) is 21.6. The monoisotopic (exact) mass is 1420 g/mol. The molecular formula is C75H125ClO21Si. The van der Waals surface area contributed by atoms with E-state index in [0.29, 0.717) is 36.6 Å². The fraction of sp³-hybridized carbons (Fsp3) is 0.707. The molecule has 1 aliphatic carbocycles. The Balaban J connectivity index is 0. The van der Waals surface area contributed by atoms with E-state index in [2.05, 4.69) is 77.7 Å². The van der Waals surface area contributed by atoms with Crippen molar-refractivity contribution in [2.24, 2.45) is 34.0 Å². The van der Waals surface area contributed by atoms with Gasteiger partial charge in [-0.2, -0.15) is 0 Å². The number of rotatable bonds is 28. The van der Waals surface area contributed by atoms with Gasteiger partial charge in [0.15, 0.2) is 20.2 Å². The summed E-state index contributed by atoms with van der Waals surface area (Å²) in [6, 6.07) is 9.40. The van der Waals surface area contributed by atoms with Gasteiger partial charge in [0.05, 0.1) is 78.4 Å². The Hall–Kier alpha value is -5.59. The van der Waals surface area contributed by atoms with Crippen LogP contribution in [-0.4, -0.2) is 156 Å². The molecule has 98 heavy (non-hydrogen) atoms. The molecule has 2 aliphatic heterocycles. The van der Waals surface area contributed by atoms with Crippen molar-refractivity contribution in [1.82, 2.24) is 0 Å². The first-order valence-corrected chi connectivity index (χ1v) is 36.9. The van der Waals surface area contributed by atoms with E-state index in [-0.39, 0.29) is 93.6 Å². The first-order valence-electron chi connectivity index (χ1n) is 33.4. The van der Waals surface area contributed by atoms with Crippen molar-refractivity contribution in [3.05, 3.63) is 85.5 Å². The molecule has 3 fully saturated rings. The standard InChI is InChI=1S/C60H93ClO17Si.C5H12.C4H6O2.C3H6O2.C2H4.CH4/c1-16-50(63)75-55-43(30-51(64)69-13)29-45(77-60(55,68)58(11,12)26-20-27-62)31-48(41(5)70-37-42-21-18-17-19-22-42)73-52(65)33-46(78-79(14,15)56(6,7)8)34-53(66)74-49(57(9,10)38-71-54(67)36-61)32-44-25-28-72-59(76-44)35-40(4)23-24-47(59)39(2)3;1-5(2,3)4;1-3-4(5)6-2;1-3(4)5-2;1-2;/h17-22,26-27,30,39-41,44-49,55,68H,16,23-25,28-29,31-38H2,1-15H3;1-4H3;3H,1H2,2H3;1-2H3;1-2H2;1H4/b26-20+,43-30+;;;;;/t40-,41-,44+,45+,46+,47+,48-,49+,55+,59?,60-;;;;;/m1...../s1. The molecule has 1 aromatic carbocycles. The first-order chi connectivity index (χ1) is 44.9. The number of carbonyl (C=O) groups excluding carboxylic acids is 8. The molecule has 23 heteroatoms. The first kappa shape index (κ1) is 94.5. The fourth-order valence-electron chi connectivity index (χ4n) is 10.5. The summed E-state index contributed by atoms with van der Waals surface area (Å²) in [5.41, 5.74) is -0.840. The lowest BCUT2D eigenvalue weighted by atomic mass is 9.72. The smallest absolute Gasteiger partial charge is 0.330 e. The molecule has 11 atom stereocenters. The highest BCUT2D eigenvalue weighted by atomic mass is 35.5. The second kappa shape index (κ2) is 44.6. The lowest BCUT2D eigenvalue weighted by molar-refractivity contribution is -0.342. The Kier molecular flexibility index (Phi) is 43.0. The Morgan fingerprint density at radius 1 is 0.796 bits per heavy atom. The Morgan fingerprint density at radius 2 is 1.36 bits per heavy atom. The molecule has 1 aromatic rings. The summed E-state index contributed by atoms with van der Waals surface area (Å²) in [5.74, 6) is -6.75. The Bertz CT molecular complexity index is 2650. The molecule has 0 aromatic heterocycles. The summed E-state index contributed by atoms with van der Waals surface area (Å²) < 4.78 is 70.8. The number of hydrogen-bond donors (Lipinski definition) is 1. The van der Waals surface area contributed by atoms with Gasteiger partial charge in [0.1, 0.15) is 24.4 Å². The van der Waals surface area contributed by atoms with Crippen LogP contribution in [0.4, 0.5) is 0 Å². The number of methoxy groups -OCH3 is 3. The number of benzene rings is 1. The predicted octanol–water partition coefficient (Wildman–Crippen LogP) is 14.5. The van der Waals surface area contributed by atoms with Crippen LogP contribution in [0.2, 0.25) is 18.1 Å².